The van der Waals surface area contributed by atoms with Crippen LogP contribution in [0, 0.1) is 11.8 Å². The summed E-state index contributed by atoms with van der Waals surface area (Å²) in [6, 6.07) is 0. The second-order valence-corrected chi connectivity index (χ2v) is 19.5. The molecule has 0 saturated heterocycles. The van der Waals surface area contributed by atoms with Gasteiger partial charge in [-0.2, -0.15) is 0 Å². The summed E-state index contributed by atoms with van der Waals surface area (Å²) in [5.74, 6) is -2.11. The van der Waals surface area contributed by atoms with Gasteiger partial charge < -0.3 is 35.4 Å². The van der Waals surface area contributed by atoms with E-state index in [-0.39, 0.29) is 57.6 Å². The summed E-state index contributed by atoms with van der Waals surface area (Å²) < 4.78 is 32.8. The number of aliphatic hydroxyl groups excluding tert-OH is 3. The molecule has 0 aliphatic heterocycles. The topological polar surface area (TPSA) is 212 Å². The van der Waals surface area contributed by atoms with Gasteiger partial charge in [0.2, 0.25) is 0 Å². The minimum Gasteiger partial charge on any atom is -0.462 e. The van der Waals surface area contributed by atoms with E-state index in [0.717, 1.165) is 38.5 Å². The molecule has 1 unspecified atom stereocenters. The standard InChI is InChI=1S/C49H92NO12P/c1-3-5-7-8-9-10-11-12-13-14-15-16-17-18-19-20-21-22-23-24-26-31-48(55)59-39-43(40-61-63(57,58)60-36-35-50)62-49(56)32-28-27-30-42(52)37-45-44(46(53)38-47(45)54)34-33-41(51)29-25-6-4-2/h33-34,41,43-47,51,53-54H,3-32,35-40,50H2,1-2H3,(H,57,58)/b34-33+/t41-,43+,44+,45+,46+,47-/m0/s1. The number of carbonyl (C=O) groups is 3. The van der Waals surface area contributed by atoms with E-state index < -0.39 is 62.6 Å². The van der Waals surface area contributed by atoms with Gasteiger partial charge in [0.05, 0.1) is 31.5 Å². The van der Waals surface area contributed by atoms with Crippen molar-refractivity contribution in [3.05, 3.63) is 12.2 Å². The zero-order valence-electron chi connectivity index (χ0n) is 39.7. The van der Waals surface area contributed by atoms with Crippen molar-refractivity contribution < 1.29 is 57.7 Å². The highest BCUT2D eigenvalue weighted by Crippen LogP contribution is 2.43. The molecule has 1 aliphatic rings. The van der Waals surface area contributed by atoms with E-state index in [1.807, 2.05) is 0 Å². The molecule has 0 amide bonds. The number of esters is 2. The number of hydrogen-bond acceptors (Lipinski definition) is 12. The SMILES string of the molecule is CCCCCCCCCCCCCCCCCCCCCCCC(=O)OC[C@H](COP(=O)(O)OCCN)OC(=O)CCCCC(=O)C[C@@H]1[C@@H](/C=C/[C@@H](O)CCCCC)[C@H](O)C[C@@H]1O. The van der Waals surface area contributed by atoms with Gasteiger partial charge in [-0.05, 0) is 25.7 Å². The highest BCUT2D eigenvalue weighted by Gasteiger charge is 2.41. The van der Waals surface area contributed by atoms with Crippen LogP contribution >= 0.6 is 7.82 Å². The van der Waals surface area contributed by atoms with Gasteiger partial charge in [0.15, 0.2) is 6.10 Å². The molecule has 0 aromatic heterocycles. The van der Waals surface area contributed by atoms with Crippen molar-refractivity contribution in [2.75, 3.05) is 26.4 Å². The summed E-state index contributed by atoms with van der Waals surface area (Å²) in [5, 5.41) is 31.4. The third-order valence-corrected chi connectivity index (χ3v) is 13.1. The Morgan fingerprint density at radius 2 is 1.13 bits per heavy atom. The predicted octanol–water partition coefficient (Wildman–Crippen LogP) is 10.5. The first-order valence-electron chi connectivity index (χ1n) is 25.3. The Morgan fingerprint density at radius 3 is 1.67 bits per heavy atom. The summed E-state index contributed by atoms with van der Waals surface area (Å²) in [6.07, 6.45) is 31.6. The molecule has 0 heterocycles. The predicted molar refractivity (Wildman–Crippen MR) is 250 cm³/mol. The maximum Gasteiger partial charge on any atom is 0.472 e. The lowest BCUT2D eigenvalue weighted by Gasteiger charge is -2.20. The Balaban J connectivity index is 2.31. The number of ether oxygens (including phenoxy) is 2. The van der Waals surface area contributed by atoms with E-state index in [4.69, 9.17) is 24.3 Å². The van der Waals surface area contributed by atoms with Gasteiger partial charge in [0, 0.05) is 50.5 Å². The zero-order valence-corrected chi connectivity index (χ0v) is 40.5. The first-order valence-corrected chi connectivity index (χ1v) is 26.8. The normalized spacial score (nSPS) is 19.6. The summed E-state index contributed by atoms with van der Waals surface area (Å²) in [4.78, 5) is 48.1. The molecule has 63 heavy (non-hydrogen) atoms. The average molecular weight is 918 g/mol. The third kappa shape index (κ3) is 33.4. The number of hydrogen-bond donors (Lipinski definition) is 5. The number of unbranched alkanes of at least 4 members (excludes halogenated alkanes) is 23. The van der Waals surface area contributed by atoms with Crippen LogP contribution in [-0.2, 0) is 37.5 Å². The Bertz CT molecular complexity index is 1220. The molecule has 1 fully saturated rings. The molecule has 0 bridgehead atoms. The first kappa shape index (κ1) is 59.3. The zero-order chi connectivity index (χ0) is 46.4. The van der Waals surface area contributed by atoms with Crippen molar-refractivity contribution in [1.82, 2.24) is 0 Å². The van der Waals surface area contributed by atoms with Crippen molar-refractivity contribution in [3.63, 3.8) is 0 Å². The van der Waals surface area contributed by atoms with Crippen LogP contribution in [-0.4, -0.2) is 88.7 Å². The summed E-state index contributed by atoms with van der Waals surface area (Å²) >= 11 is 0. The Morgan fingerprint density at radius 1 is 0.651 bits per heavy atom. The largest absolute Gasteiger partial charge is 0.472 e. The highest BCUT2D eigenvalue weighted by atomic mass is 31.2. The van der Waals surface area contributed by atoms with Gasteiger partial charge in [0.1, 0.15) is 12.4 Å². The van der Waals surface area contributed by atoms with Crippen LogP contribution in [0.1, 0.15) is 219 Å². The van der Waals surface area contributed by atoms with Gasteiger partial charge in [-0.25, -0.2) is 4.57 Å². The minimum absolute atomic E-state index is 0.00384. The second-order valence-electron chi connectivity index (χ2n) is 18.0. The van der Waals surface area contributed by atoms with Crippen molar-refractivity contribution >= 4 is 25.5 Å². The molecule has 0 radical (unpaired) electrons. The van der Waals surface area contributed by atoms with E-state index in [1.165, 1.54) is 109 Å². The number of carbonyl (C=O) groups excluding carboxylic acids is 3. The molecule has 1 rings (SSSR count). The third-order valence-electron chi connectivity index (χ3n) is 12.1. The Kier molecular flexibility index (Phi) is 37.2. The molecule has 0 spiro atoms. The molecule has 6 N–H and O–H groups in total. The van der Waals surface area contributed by atoms with Gasteiger partial charge in [-0.3, -0.25) is 23.4 Å². The molecular formula is C49H92NO12P. The van der Waals surface area contributed by atoms with Crippen molar-refractivity contribution in [1.29, 1.82) is 0 Å². The molecule has 370 valence electrons. The number of Topliss-reactive ketones (excluding diaryl/α,β-unsaturated/α-hetero) is 1. The average Bonchev–Trinajstić information content (AvgIpc) is 3.52. The fraction of sp³-hybridized carbons (Fsp3) is 0.898. The Labute approximate surface area is 382 Å². The van der Waals surface area contributed by atoms with E-state index >= 15 is 0 Å². The van der Waals surface area contributed by atoms with E-state index in [1.54, 1.807) is 12.2 Å². The number of phosphoric acid groups is 1. The molecule has 14 heteroatoms. The number of rotatable bonds is 44. The van der Waals surface area contributed by atoms with Crippen LogP contribution in [0.15, 0.2) is 12.2 Å². The van der Waals surface area contributed by atoms with E-state index in [9.17, 15) is 39.2 Å². The lowest BCUT2D eigenvalue weighted by molar-refractivity contribution is -0.161. The van der Waals surface area contributed by atoms with Gasteiger partial charge in [0.25, 0.3) is 0 Å². The van der Waals surface area contributed by atoms with Gasteiger partial charge in [-0.15, -0.1) is 0 Å². The van der Waals surface area contributed by atoms with Crippen LogP contribution < -0.4 is 5.73 Å². The van der Waals surface area contributed by atoms with Crippen molar-refractivity contribution in [3.8, 4) is 0 Å². The lowest BCUT2D eigenvalue weighted by Crippen LogP contribution is -2.29. The highest BCUT2D eigenvalue weighted by molar-refractivity contribution is 7.47. The van der Waals surface area contributed by atoms with Crippen LogP contribution in [0.5, 0.6) is 0 Å². The molecule has 1 aliphatic carbocycles. The lowest BCUT2D eigenvalue weighted by atomic mass is 9.87. The maximum atomic E-state index is 12.9. The Hall–Kier alpha value is -1.70. The first-order chi connectivity index (χ1) is 30.4. The molecule has 0 aromatic carbocycles. The van der Waals surface area contributed by atoms with Crippen LogP contribution in [0.2, 0.25) is 0 Å². The fourth-order valence-electron chi connectivity index (χ4n) is 8.28. The molecule has 0 aromatic rings. The summed E-state index contributed by atoms with van der Waals surface area (Å²) in [5.41, 5.74) is 5.35. The number of nitrogens with two attached hydrogens (primary N) is 1. The minimum atomic E-state index is -4.48. The van der Waals surface area contributed by atoms with Crippen LogP contribution in [0.4, 0.5) is 0 Å². The quantitative estimate of drug-likeness (QED) is 0.0167. The summed E-state index contributed by atoms with van der Waals surface area (Å²) in [6.45, 7) is 3.23. The maximum absolute atomic E-state index is 12.9. The van der Waals surface area contributed by atoms with Gasteiger partial charge in [-0.1, -0.05) is 174 Å². The summed E-state index contributed by atoms with van der Waals surface area (Å²) in [7, 11) is -4.48. The molecule has 13 nitrogen and oxygen atoms in total. The molecule has 7 atom stereocenters. The van der Waals surface area contributed by atoms with E-state index in [0.29, 0.717) is 25.7 Å². The smallest absolute Gasteiger partial charge is 0.462 e. The molecule has 1 saturated carbocycles. The van der Waals surface area contributed by atoms with Crippen molar-refractivity contribution in [2.24, 2.45) is 17.6 Å². The van der Waals surface area contributed by atoms with Crippen LogP contribution in [0.3, 0.4) is 0 Å². The van der Waals surface area contributed by atoms with E-state index in [2.05, 4.69) is 13.8 Å². The number of ketones is 1. The van der Waals surface area contributed by atoms with Crippen LogP contribution in [0.25, 0.3) is 0 Å². The monoisotopic (exact) mass is 918 g/mol. The van der Waals surface area contributed by atoms with Crippen molar-refractivity contribution in [2.45, 2.75) is 244 Å². The number of aliphatic hydroxyl groups is 3. The fourth-order valence-corrected chi connectivity index (χ4v) is 9.05. The number of phosphoric ester groups is 1. The molecular weight excluding hydrogens is 826 g/mol. The van der Waals surface area contributed by atoms with Gasteiger partial charge >= 0.3 is 19.8 Å². The second kappa shape index (κ2) is 39.5.